The highest BCUT2D eigenvalue weighted by atomic mass is 19.1. The van der Waals surface area contributed by atoms with Gasteiger partial charge in [0, 0.05) is 6.07 Å². The number of aromatic hydroxyl groups is 1. The number of phenols is 1. The van der Waals surface area contributed by atoms with Crippen molar-refractivity contribution >= 4 is 5.69 Å². The molecule has 0 atom stereocenters. The zero-order valence-corrected chi connectivity index (χ0v) is 11.4. The van der Waals surface area contributed by atoms with Gasteiger partial charge in [-0.1, -0.05) is 12.1 Å². The van der Waals surface area contributed by atoms with Gasteiger partial charge in [0.2, 0.25) is 0 Å². The summed E-state index contributed by atoms with van der Waals surface area (Å²) in [5.74, 6) is -1.19. The summed E-state index contributed by atoms with van der Waals surface area (Å²) in [6.07, 6.45) is 2.87. The molecule has 0 saturated heterocycles. The summed E-state index contributed by atoms with van der Waals surface area (Å²) < 4.78 is 28.5. The van der Waals surface area contributed by atoms with Crippen molar-refractivity contribution in [2.75, 3.05) is 5.01 Å². The van der Waals surface area contributed by atoms with Gasteiger partial charge in [0.1, 0.15) is 30.0 Å². The van der Waals surface area contributed by atoms with Crippen molar-refractivity contribution in [3.05, 3.63) is 72.3 Å². The normalized spacial score (nSPS) is 10.6. The molecule has 0 bridgehead atoms. The van der Waals surface area contributed by atoms with Gasteiger partial charge in [-0.05, 0) is 29.8 Å². The molecule has 0 aliphatic heterocycles. The molecule has 3 rings (SSSR count). The fourth-order valence-electron chi connectivity index (χ4n) is 2.09. The summed E-state index contributed by atoms with van der Waals surface area (Å²) in [6, 6.07) is 9.81. The molecule has 0 aliphatic carbocycles. The summed E-state index contributed by atoms with van der Waals surface area (Å²) in [4.78, 5) is 0. The van der Waals surface area contributed by atoms with Crippen molar-refractivity contribution in [1.82, 2.24) is 14.9 Å². The van der Waals surface area contributed by atoms with Crippen LogP contribution in [0.25, 0.3) is 0 Å². The van der Waals surface area contributed by atoms with Crippen LogP contribution >= 0.6 is 0 Å². The van der Waals surface area contributed by atoms with E-state index >= 15 is 0 Å². The number of rotatable bonds is 4. The lowest BCUT2D eigenvalue weighted by molar-refractivity contribution is 0.475. The fourth-order valence-corrected chi connectivity index (χ4v) is 2.09. The van der Waals surface area contributed by atoms with Crippen LogP contribution in [0.4, 0.5) is 14.5 Å². The Labute approximate surface area is 125 Å². The van der Waals surface area contributed by atoms with Gasteiger partial charge < -0.3 is 5.11 Å². The number of anilines is 1. The molecule has 7 heteroatoms. The van der Waals surface area contributed by atoms with Crippen molar-refractivity contribution < 1.29 is 13.9 Å². The van der Waals surface area contributed by atoms with Crippen LogP contribution in [0.15, 0.2) is 55.1 Å². The van der Waals surface area contributed by atoms with E-state index in [0.717, 1.165) is 11.6 Å². The molecule has 0 amide bonds. The summed E-state index contributed by atoms with van der Waals surface area (Å²) in [5, 5.41) is 18.4. The lowest BCUT2D eigenvalue weighted by Gasteiger charge is -2.25. The Morgan fingerprint density at radius 2 is 1.55 bits per heavy atom. The Morgan fingerprint density at radius 3 is 2.14 bits per heavy atom. The van der Waals surface area contributed by atoms with Gasteiger partial charge in [-0.2, -0.15) is 0 Å². The third kappa shape index (κ3) is 3.03. The molecule has 0 unspecified atom stereocenters. The quantitative estimate of drug-likeness (QED) is 0.805. The van der Waals surface area contributed by atoms with Crippen LogP contribution in [-0.4, -0.2) is 20.0 Å². The van der Waals surface area contributed by atoms with Crippen LogP contribution < -0.4 is 5.01 Å². The molecule has 0 aliphatic rings. The minimum Gasteiger partial charge on any atom is -0.508 e. The maximum absolute atomic E-state index is 13.5. The maximum atomic E-state index is 13.5. The second kappa shape index (κ2) is 5.80. The Morgan fingerprint density at radius 1 is 0.955 bits per heavy atom. The molecule has 1 N–H and O–H groups in total. The highest BCUT2D eigenvalue weighted by Crippen LogP contribution is 2.21. The smallest absolute Gasteiger partial charge is 0.139 e. The Hall–Kier alpha value is -2.96. The number of phenolic OH excluding ortho intramolecular Hbond substituents is 1. The van der Waals surface area contributed by atoms with E-state index in [2.05, 4.69) is 10.2 Å². The van der Waals surface area contributed by atoms with E-state index in [9.17, 15) is 13.9 Å². The zero-order valence-electron chi connectivity index (χ0n) is 11.4. The Balaban J connectivity index is 1.98. The van der Waals surface area contributed by atoms with Crippen LogP contribution in [0.5, 0.6) is 5.75 Å². The van der Waals surface area contributed by atoms with E-state index in [0.29, 0.717) is 12.2 Å². The number of hydrogen-bond donors (Lipinski definition) is 1. The van der Waals surface area contributed by atoms with E-state index in [1.165, 1.54) is 29.5 Å². The molecule has 0 fully saturated rings. The first-order chi connectivity index (χ1) is 10.6. The molecule has 3 aromatic rings. The maximum Gasteiger partial charge on any atom is 0.139 e. The van der Waals surface area contributed by atoms with Gasteiger partial charge in [-0.25, -0.2) is 13.5 Å². The largest absolute Gasteiger partial charge is 0.508 e. The molecule has 1 heterocycles. The minimum atomic E-state index is -0.668. The van der Waals surface area contributed by atoms with Crippen molar-refractivity contribution in [3.8, 4) is 5.75 Å². The van der Waals surface area contributed by atoms with Crippen LogP contribution in [-0.2, 0) is 6.54 Å². The van der Waals surface area contributed by atoms with Gasteiger partial charge in [0.15, 0.2) is 0 Å². The average Bonchev–Trinajstić information content (AvgIpc) is 2.99. The number of benzene rings is 2. The highest BCUT2D eigenvalue weighted by molar-refractivity contribution is 5.47. The predicted octanol–water partition coefficient (Wildman–Crippen LogP) is 2.73. The van der Waals surface area contributed by atoms with E-state index < -0.39 is 11.6 Å². The third-order valence-electron chi connectivity index (χ3n) is 3.10. The second-order valence-electron chi connectivity index (χ2n) is 4.69. The number of aromatic nitrogens is 3. The van der Waals surface area contributed by atoms with Gasteiger partial charge in [-0.3, -0.25) is 5.01 Å². The van der Waals surface area contributed by atoms with E-state index in [1.807, 2.05) is 0 Å². The SMILES string of the molecule is Oc1ccc(CN(c2cc(F)cc(F)c2)n2cnnc2)cc1. The standard InChI is InChI=1S/C15H12F2N4O/c16-12-5-13(17)7-14(6-12)21(20-9-18-19-10-20)8-11-1-3-15(22)4-2-11/h1-7,9-10,22H,8H2. The summed E-state index contributed by atoms with van der Waals surface area (Å²) in [5.41, 5.74) is 1.17. The van der Waals surface area contributed by atoms with Gasteiger partial charge >= 0.3 is 0 Å². The summed E-state index contributed by atoms with van der Waals surface area (Å²) in [6.45, 7) is 0.321. The van der Waals surface area contributed by atoms with E-state index in [-0.39, 0.29) is 5.75 Å². The topological polar surface area (TPSA) is 54.2 Å². The first-order valence-corrected chi connectivity index (χ1v) is 6.48. The van der Waals surface area contributed by atoms with Crippen LogP contribution in [0.3, 0.4) is 0 Å². The lowest BCUT2D eigenvalue weighted by atomic mass is 10.2. The average molecular weight is 302 g/mol. The predicted molar refractivity (Wildman–Crippen MR) is 76.1 cm³/mol. The van der Waals surface area contributed by atoms with Crippen molar-refractivity contribution in [2.24, 2.45) is 0 Å². The number of halogens is 2. The fraction of sp³-hybridized carbons (Fsp3) is 0.0667. The van der Waals surface area contributed by atoms with Gasteiger partial charge in [0.05, 0.1) is 12.2 Å². The molecule has 1 aromatic heterocycles. The molecule has 112 valence electrons. The number of nitrogens with zero attached hydrogens (tertiary/aromatic N) is 4. The van der Waals surface area contributed by atoms with Crippen molar-refractivity contribution in [2.45, 2.75) is 6.54 Å². The molecule has 0 radical (unpaired) electrons. The number of hydrogen-bond acceptors (Lipinski definition) is 4. The van der Waals surface area contributed by atoms with Gasteiger partial charge in [0.25, 0.3) is 0 Å². The molecule has 5 nitrogen and oxygen atoms in total. The highest BCUT2D eigenvalue weighted by Gasteiger charge is 2.12. The second-order valence-corrected chi connectivity index (χ2v) is 4.69. The van der Waals surface area contributed by atoms with Crippen LogP contribution in [0.1, 0.15) is 5.56 Å². The van der Waals surface area contributed by atoms with Crippen molar-refractivity contribution in [3.63, 3.8) is 0 Å². The lowest BCUT2D eigenvalue weighted by Crippen LogP contribution is -2.28. The van der Waals surface area contributed by atoms with Gasteiger partial charge in [-0.15, -0.1) is 10.2 Å². The monoisotopic (exact) mass is 302 g/mol. The van der Waals surface area contributed by atoms with Crippen molar-refractivity contribution in [1.29, 1.82) is 0 Å². The molecule has 2 aromatic carbocycles. The first kappa shape index (κ1) is 14.0. The minimum absolute atomic E-state index is 0.149. The Kier molecular flexibility index (Phi) is 3.69. The van der Waals surface area contributed by atoms with E-state index in [1.54, 1.807) is 29.3 Å². The summed E-state index contributed by atoms with van der Waals surface area (Å²) in [7, 11) is 0. The molecular weight excluding hydrogens is 290 g/mol. The third-order valence-corrected chi connectivity index (χ3v) is 3.10. The first-order valence-electron chi connectivity index (χ1n) is 6.48. The van der Waals surface area contributed by atoms with E-state index in [4.69, 9.17) is 0 Å². The molecule has 0 spiro atoms. The zero-order chi connectivity index (χ0) is 15.5. The van der Waals surface area contributed by atoms with Crippen LogP contribution in [0, 0.1) is 11.6 Å². The van der Waals surface area contributed by atoms with Crippen LogP contribution in [0.2, 0.25) is 0 Å². The molecule has 22 heavy (non-hydrogen) atoms. The summed E-state index contributed by atoms with van der Waals surface area (Å²) >= 11 is 0. The molecular formula is C15H12F2N4O. The Bertz CT molecular complexity index is 739. The molecule has 0 saturated carbocycles.